The lowest BCUT2D eigenvalue weighted by atomic mass is 11.0. The summed E-state index contributed by atoms with van der Waals surface area (Å²) in [5.41, 5.74) is 0. The van der Waals surface area contributed by atoms with Crippen molar-refractivity contribution >= 4 is 19.5 Å². The topological polar surface area (TPSA) is 9.23 Å². The van der Waals surface area contributed by atoms with Crippen LogP contribution in [0.4, 0.5) is 0 Å². The Morgan fingerprint density at radius 3 is 1.86 bits per heavy atom. The summed E-state index contributed by atoms with van der Waals surface area (Å²) < 4.78 is 5.33. The molecule has 0 unspecified atom stereocenters. The minimum absolute atomic E-state index is 0.610. The molecule has 0 spiro atoms. The van der Waals surface area contributed by atoms with Gasteiger partial charge in [0.15, 0.2) is 9.04 Å². The first kappa shape index (κ1) is 7.39. The van der Waals surface area contributed by atoms with Crippen LogP contribution in [0.25, 0.3) is 0 Å². The van der Waals surface area contributed by atoms with Crippen LogP contribution in [-0.2, 0) is 4.12 Å². The Hall–Kier alpha value is 0.394. The molecular weight excluding hydrogens is 120 g/mol. The maximum atomic E-state index is 5.33. The van der Waals surface area contributed by atoms with Crippen molar-refractivity contribution in [3.8, 4) is 0 Å². The van der Waals surface area contributed by atoms with Gasteiger partial charge in [0.05, 0.1) is 0 Å². The molecule has 0 aliphatic heterocycles. The van der Waals surface area contributed by atoms with Crippen LogP contribution >= 0.6 is 0 Å². The molecule has 0 rings (SSSR count). The van der Waals surface area contributed by atoms with Gasteiger partial charge in [-0.05, 0) is 12.1 Å². The molecule has 7 heavy (non-hydrogen) atoms. The zero-order valence-corrected chi connectivity index (χ0v) is 8.55. The van der Waals surface area contributed by atoms with E-state index in [-0.39, 0.29) is 0 Å². The Morgan fingerprint density at radius 1 is 1.43 bits per heavy atom. The fraction of sp³-hybridized carbons (Fsp3) is 1.00. The molecular formula is C4H14OSi2. The Bertz CT molecular complexity index is 31.2. The number of rotatable bonds is 3. The van der Waals surface area contributed by atoms with Gasteiger partial charge in [-0.1, -0.05) is 13.8 Å². The first-order valence-corrected chi connectivity index (χ1v) is 5.80. The molecule has 1 nitrogen and oxygen atoms in total. The lowest BCUT2D eigenvalue weighted by Crippen LogP contribution is -2.12. The summed E-state index contributed by atoms with van der Waals surface area (Å²) in [6.45, 7) is 4.44. The van der Waals surface area contributed by atoms with Crippen LogP contribution in [0, 0.1) is 0 Å². The normalized spacial score (nSPS) is 10.7. The van der Waals surface area contributed by atoms with E-state index in [9.17, 15) is 0 Å². The van der Waals surface area contributed by atoms with Gasteiger partial charge < -0.3 is 4.12 Å². The Labute approximate surface area is 50.3 Å². The highest BCUT2D eigenvalue weighted by atomic mass is 28.3. The van der Waals surface area contributed by atoms with Crippen molar-refractivity contribution in [2.45, 2.75) is 25.9 Å². The minimum atomic E-state index is -0.610. The van der Waals surface area contributed by atoms with Crippen LogP contribution in [0.15, 0.2) is 0 Å². The van der Waals surface area contributed by atoms with Crippen molar-refractivity contribution in [1.29, 1.82) is 0 Å². The van der Waals surface area contributed by atoms with Crippen molar-refractivity contribution in [3.05, 3.63) is 0 Å². The van der Waals surface area contributed by atoms with Crippen molar-refractivity contribution < 1.29 is 4.12 Å². The van der Waals surface area contributed by atoms with Gasteiger partial charge in [-0.3, -0.25) is 0 Å². The fourth-order valence-corrected chi connectivity index (χ4v) is 3.87. The molecule has 0 atom stereocenters. The third-order valence-corrected chi connectivity index (χ3v) is 5.73. The standard InChI is InChI=1S/C4H14OSi2/c1-3-7(4-2)5-6/h7H,3-4H2,1-2,6H3. The van der Waals surface area contributed by atoms with Crippen LogP contribution in [0.1, 0.15) is 13.8 Å². The monoisotopic (exact) mass is 134 g/mol. The van der Waals surface area contributed by atoms with E-state index in [4.69, 9.17) is 4.12 Å². The lowest BCUT2D eigenvalue weighted by Gasteiger charge is -2.05. The zero-order chi connectivity index (χ0) is 5.70. The van der Waals surface area contributed by atoms with E-state index in [1.807, 2.05) is 0 Å². The van der Waals surface area contributed by atoms with Gasteiger partial charge in [0.2, 0.25) is 0 Å². The van der Waals surface area contributed by atoms with Crippen molar-refractivity contribution in [3.63, 3.8) is 0 Å². The van der Waals surface area contributed by atoms with Crippen LogP contribution < -0.4 is 0 Å². The average molecular weight is 134 g/mol. The van der Waals surface area contributed by atoms with Crippen molar-refractivity contribution in [1.82, 2.24) is 0 Å². The predicted octanol–water partition coefficient (Wildman–Crippen LogP) is 0.0470. The Kier molecular flexibility index (Phi) is 4.81. The molecule has 0 aromatic rings. The second-order valence-corrected chi connectivity index (χ2v) is 6.44. The molecule has 0 heterocycles. The third-order valence-electron chi connectivity index (χ3n) is 1.24. The van der Waals surface area contributed by atoms with Gasteiger partial charge in [-0.15, -0.1) is 0 Å². The SMILES string of the molecule is CC[SiH](CC)O[SiH3]. The van der Waals surface area contributed by atoms with Gasteiger partial charge in [-0.25, -0.2) is 0 Å². The van der Waals surface area contributed by atoms with E-state index in [0.717, 1.165) is 10.5 Å². The van der Waals surface area contributed by atoms with E-state index in [2.05, 4.69) is 13.8 Å². The summed E-state index contributed by atoms with van der Waals surface area (Å²) in [4.78, 5) is 0. The Balaban J connectivity index is 2.99. The number of hydrogen-bond donors (Lipinski definition) is 0. The molecule has 0 fully saturated rings. The Morgan fingerprint density at radius 2 is 1.86 bits per heavy atom. The molecule has 0 N–H and O–H groups in total. The zero-order valence-electron chi connectivity index (χ0n) is 5.40. The molecule has 0 aromatic carbocycles. The second-order valence-electron chi connectivity index (χ2n) is 1.67. The fourth-order valence-electron chi connectivity index (χ4n) is 0.622. The van der Waals surface area contributed by atoms with E-state index in [1.54, 1.807) is 0 Å². The average Bonchev–Trinajstić information content (AvgIpc) is 1.72. The molecule has 0 amide bonds. The van der Waals surface area contributed by atoms with Crippen LogP contribution in [-0.4, -0.2) is 19.5 Å². The molecule has 0 aliphatic rings. The maximum Gasteiger partial charge on any atom is 0.161 e. The van der Waals surface area contributed by atoms with Crippen molar-refractivity contribution in [2.75, 3.05) is 0 Å². The van der Waals surface area contributed by atoms with Gasteiger partial charge in [0.1, 0.15) is 10.5 Å². The molecule has 0 aliphatic carbocycles. The van der Waals surface area contributed by atoms with Crippen molar-refractivity contribution in [2.24, 2.45) is 0 Å². The van der Waals surface area contributed by atoms with Crippen LogP contribution in [0.2, 0.25) is 12.1 Å². The molecule has 3 heteroatoms. The highest BCUT2D eigenvalue weighted by Gasteiger charge is 1.99. The van der Waals surface area contributed by atoms with E-state index >= 15 is 0 Å². The van der Waals surface area contributed by atoms with E-state index in [0.29, 0.717) is 0 Å². The van der Waals surface area contributed by atoms with E-state index in [1.165, 1.54) is 12.1 Å². The summed E-state index contributed by atoms with van der Waals surface area (Å²) in [7, 11) is 0.344. The third kappa shape index (κ3) is 3.02. The summed E-state index contributed by atoms with van der Waals surface area (Å²) in [6.07, 6.45) is 0. The van der Waals surface area contributed by atoms with Gasteiger partial charge in [0, 0.05) is 0 Å². The van der Waals surface area contributed by atoms with Gasteiger partial charge >= 0.3 is 0 Å². The predicted molar refractivity (Wildman–Crippen MR) is 39.1 cm³/mol. The first-order valence-electron chi connectivity index (χ1n) is 2.87. The number of hydrogen-bond acceptors (Lipinski definition) is 1. The van der Waals surface area contributed by atoms with Gasteiger partial charge in [0.25, 0.3) is 0 Å². The molecule has 0 radical (unpaired) electrons. The smallest absolute Gasteiger partial charge is 0.161 e. The van der Waals surface area contributed by atoms with Gasteiger partial charge in [-0.2, -0.15) is 0 Å². The molecule has 0 aromatic heterocycles. The molecule has 0 saturated carbocycles. The molecule has 44 valence electrons. The largest absolute Gasteiger partial charge is 0.466 e. The van der Waals surface area contributed by atoms with Crippen LogP contribution in [0.5, 0.6) is 0 Å². The molecule has 0 saturated heterocycles. The quantitative estimate of drug-likeness (QED) is 0.496. The summed E-state index contributed by atoms with van der Waals surface area (Å²) in [5, 5.41) is 0. The second kappa shape index (κ2) is 4.55. The van der Waals surface area contributed by atoms with E-state index < -0.39 is 9.04 Å². The summed E-state index contributed by atoms with van der Waals surface area (Å²) in [6, 6.07) is 2.61. The van der Waals surface area contributed by atoms with Crippen LogP contribution in [0.3, 0.4) is 0 Å². The summed E-state index contributed by atoms with van der Waals surface area (Å²) in [5.74, 6) is 0. The lowest BCUT2D eigenvalue weighted by molar-refractivity contribution is 0.629. The first-order chi connectivity index (χ1) is 3.35. The highest BCUT2D eigenvalue weighted by Crippen LogP contribution is 1.95. The molecule has 0 bridgehead atoms. The maximum absolute atomic E-state index is 5.33. The minimum Gasteiger partial charge on any atom is -0.466 e. The summed E-state index contributed by atoms with van der Waals surface area (Å²) >= 11 is 0. The highest BCUT2D eigenvalue weighted by molar-refractivity contribution is 6.55.